The summed E-state index contributed by atoms with van der Waals surface area (Å²) in [6.07, 6.45) is 1.78. The van der Waals surface area contributed by atoms with E-state index in [4.69, 9.17) is 26.3 Å². The van der Waals surface area contributed by atoms with Crippen molar-refractivity contribution in [2.45, 2.75) is 6.54 Å². The molecule has 0 bridgehead atoms. The normalized spacial score (nSPS) is 14.6. The Labute approximate surface area is 197 Å². The molecule has 0 saturated carbocycles. The predicted molar refractivity (Wildman–Crippen MR) is 132 cm³/mol. The number of halogens is 1. The highest BCUT2D eigenvalue weighted by atomic mass is 35.5. The van der Waals surface area contributed by atoms with Crippen LogP contribution in [0.4, 0.5) is 17.5 Å². The molecule has 1 aliphatic rings. The lowest BCUT2D eigenvalue weighted by molar-refractivity contribution is 0.249. The number of aromatic nitrogens is 4. The number of methoxy groups -OCH3 is 1. The molecule has 5 rings (SSSR count). The second-order valence-corrected chi connectivity index (χ2v) is 8.51. The molecule has 0 spiro atoms. The standard InChI is InChI=1S/C24H26ClN7O/c1-30-23-19(15-26-30)22(27-18-8-9-21(33-2)20(25)14-18)28-24(29-23)32-12-10-31(11-13-32)16-17-6-4-3-5-7-17/h3-9,14-15H,10-13,16H2,1-2H3,(H,27,28,29). The molecule has 2 aromatic carbocycles. The third-order valence-corrected chi connectivity index (χ3v) is 6.19. The van der Waals surface area contributed by atoms with Crippen molar-refractivity contribution in [2.24, 2.45) is 7.05 Å². The van der Waals surface area contributed by atoms with Crippen LogP contribution in [0.1, 0.15) is 5.56 Å². The number of piperazine rings is 1. The third kappa shape index (κ3) is 4.58. The summed E-state index contributed by atoms with van der Waals surface area (Å²) in [5, 5.41) is 9.17. The van der Waals surface area contributed by atoms with Gasteiger partial charge in [-0.25, -0.2) is 0 Å². The summed E-state index contributed by atoms with van der Waals surface area (Å²) in [6.45, 7) is 4.60. The van der Waals surface area contributed by atoms with Crippen LogP contribution in [0.15, 0.2) is 54.7 Å². The van der Waals surface area contributed by atoms with Crippen LogP contribution < -0.4 is 15.0 Å². The quantitative estimate of drug-likeness (QED) is 0.461. The summed E-state index contributed by atoms with van der Waals surface area (Å²) < 4.78 is 7.04. The Morgan fingerprint density at radius 2 is 1.82 bits per heavy atom. The number of anilines is 3. The smallest absolute Gasteiger partial charge is 0.229 e. The number of nitrogens with one attached hydrogen (secondary N) is 1. The van der Waals surface area contributed by atoms with E-state index in [2.05, 4.69) is 50.5 Å². The van der Waals surface area contributed by atoms with Gasteiger partial charge in [-0.15, -0.1) is 0 Å². The fourth-order valence-electron chi connectivity index (χ4n) is 4.08. The predicted octanol–water partition coefficient (Wildman–Crippen LogP) is 4.09. The maximum absolute atomic E-state index is 6.32. The van der Waals surface area contributed by atoms with Gasteiger partial charge < -0.3 is 15.0 Å². The Balaban J connectivity index is 1.37. The second-order valence-electron chi connectivity index (χ2n) is 8.10. The molecule has 0 radical (unpaired) electrons. The molecule has 1 fully saturated rings. The topological polar surface area (TPSA) is 71.3 Å². The maximum atomic E-state index is 6.32. The SMILES string of the molecule is COc1ccc(Nc2nc(N3CCN(Cc4ccccc4)CC3)nc3c2cnn3C)cc1Cl. The maximum Gasteiger partial charge on any atom is 0.229 e. The average molecular weight is 464 g/mol. The van der Waals surface area contributed by atoms with Crippen LogP contribution in [0.25, 0.3) is 11.0 Å². The molecular weight excluding hydrogens is 438 g/mol. The van der Waals surface area contributed by atoms with Gasteiger partial charge in [0.15, 0.2) is 5.65 Å². The summed E-state index contributed by atoms with van der Waals surface area (Å²) in [6, 6.07) is 16.2. The van der Waals surface area contributed by atoms with E-state index in [9.17, 15) is 0 Å². The average Bonchev–Trinajstić information content (AvgIpc) is 3.21. The first-order valence-corrected chi connectivity index (χ1v) is 11.3. The number of nitrogens with zero attached hydrogens (tertiary/aromatic N) is 6. The number of ether oxygens (including phenoxy) is 1. The summed E-state index contributed by atoms with van der Waals surface area (Å²) in [5.74, 6) is 2.04. The van der Waals surface area contributed by atoms with Crippen molar-refractivity contribution >= 4 is 40.1 Å². The first-order chi connectivity index (χ1) is 16.1. The Morgan fingerprint density at radius 1 is 1.03 bits per heavy atom. The molecule has 4 aromatic rings. The first-order valence-electron chi connectivity index (χ1n) is 10.9. The molecule has 1 saturated heterocycles. The number of hydrogen-bond donors (Lipinski definition) is 1. The Bertz CT molecular complexity index is 1250. The van der Waals surface area contributed by atoms with Crippen LogP contribution in [0.3, 0.4) is 0 Å². The summed E-state index contributed by atoms with van der Waals surface area (Å²) >= 11 is 6.32. The van der Waals surface area contributed by atoms with Crippen molar-refractivity contribution in [3.63, 3.8) is 0 Å². The van der Waals surface area contributed by atoms with Gasteiger partial charge in [0, 0.05) is 45.5 Å². The van der Waals surface area contributed by atoms with E-state index in [0.717, 1.165) is 49.4 Å². The van der Waals surface area contributed by atoms with Crippen LogP contribution in [-0.4, -0.2) is 57.9 Å². The van der Waals surface area contributed by atoms with Crippen molar-refractivity contribution in [3.05, 3.63) is 65.3 Å². The lowest BCUT2D eigenvalue weighted by Gasteiger charge is -2.34. The number of aryl methyl sites for hydroxylation is 1. The molecular formula is C24H26ClN7O. The summed E-state index contributed by atoms with van der Waals surface area (Å²) in [7, 11) is 3.49. The van der Waals surface area contributed by atoms with Crippen LogP contribution in [0.5, 0.6) is 5.75 Å². The fourth-order valence-corrected chi connectivity index (χ4v) is 4.33. The Hall–Kier alpha value is -3.36. The Kier molecular flexibility index (Phi) is 6.02. The number of fused-ring (bicyclic) bond motifs is 1. The minimum Gasteiger partial charge on any atom is -0.495 e. The number of rotatable bonds is 6. The van der Waals surface area contributed by atoms with E-state index in [1.807, 2.05) is 25.2 Å². The van der Waals surface area contributed by atoms with E-state index in [1.54, 1.807) is 18.0 Å². The molecule has 8 nitrogen and oxygen atoms in total. The zero-order valence-corrected chi connectivity index (χ0v) is 19.5. The van der Waals surface area contributed by atoms with E-state index < -0.39 is 0 Å². The molecule has 9 heteroatoms. The molecule has 0 atom stereocenters. The fraction of sp³-hybridized carbons (Fsp3) is 0.292. The molecule has 1 N–H and O–H groups in total. The van der Waals surface area contributed by atoms with E-state index in [1.165, 1.54) is 5.56 Å². The second kappa shape index (κ2) is 9.25. The largest absolute Gasteiger partial charge is 0.495 e. The minimum atomic E-state index is 0.536. The van der Waals surface area contributed by atoms with Gasteiger partial charge >= 0.3 is 0 Å². The summed E-state index contributed by atoms with van der Waals surface area (Å²) in [4.78, 5) is 14.4. The lowest BCUT2D eigenvalue weighted by Crippen LogP contribution is -2.46. The van der Waals surface area contributed by atoms with Gasteiger partial charge in [-0.3, -0.25) is 9.58 Å². The lowest BCUT2D eigenvalue weighted by atomic mass is 10.2. The van der Waals surface area contributed by atoms with Gasteiger partial charge in [0.05, 0.1) is 23.7 Å². The molecule has 0 aliphatic carbocycles. The van der Waals surface area contributed by atoms with Gasteiger partial charge in [0.2, 0.25) is 5.95 Å². The molecule has 3 heterocycles. The van der Waals surface area contributed by atoms with E-state index in [-0.39, 0.29) is 0 Å². The molecule has 0 unspecified atom stereocenters. The highest BCUT2D eigenvalue weighted by molar-refractivity contribution is 6.32. The van der Waals surface area contributed by atoms with Gasteiger partial charge in [-0.05, 0) is 23.8 Å². The zero-order chi connectivity index (χ0) is 22.8. The number of benzene rings is 2. The first kappa shape index (κ1) is 21.5. The van der Waals surface area contributed by atoms with Crippen molar-refractivity contribution < 1.29 is 4.74 Å². The van der Waals surface area contributed by atoms with Crippen LogP contribution in [-0.2, 0) is 13.6 Å². The van der Waals surface area contributed by atoms with E-state index in [0.29, 0.717) is 22.5 Å². The number of hydrogen-bond acceptors (Lipinski definition) is 7. The highest BCUT2D eigenvalue weighted by Gasteiger charge is 2.22. The zero-order valence-electron chi connectivity index (χ0n) is 18.7. The van der Waals surface area contributed by atoms with Crippen molar-refractivity contribution in [2.75, 3.05) is 43.5 Å². The van der Waals surface area contributed by atoms with Gasteiger partial charge in [-0.2, -0.15) is 15.1 Å². The molecule has 170 valence electrons. The summed E-state index contributed by atoms with van der Waals surface area (Å²) in [5.41, 5.74) is 2.94. The highest BCUT2D eigenvalue weighted by Crippen LogP contribution is 2.31. The minimum absolute atomic E-state index is 0.536. The van der Waals surface area contributed by atoms with Crippen molar-refractivity contribution in [1.29, 1.82) is 0 Å². The van der Waals surface area contributed by atoms with Crippen LogP contribution >= 0.6 is 11.6 Å². The van der Waals surface area contributed by atoms with Gasteiger partial charge in [-0.1, -0.05) is 41.9 Å². The third-order valence-electron chi connectivity index (χ3n) is 5.90. The van der Waals surface area contributed by atoms with Crippen LogP contribution in [0, 0.1) is 0 Å². The van der Waals surface area contributed by atoms with Crippen LogP contribution in [0.2, 0.25) is 5.02 Å². The van der Waals surface area contributed by atoms with Gasteiger partial charge in [0.25, 0.3) is 0 Å². The molecule has 33 heavy (non-hydrogen) atoms. The Morgan fingerprint density at radius 3 is 2.55 bits per heavy atom. The van der Waals surface area contributed by atoms with Crippen molar-refractivity contribution in [1.82, 2.24) is 24.6 Å². The molecule has 1 aliphatic heterocycles. The molecule has 0 amide bonds. The monoisotopic (exact) mass is 463 g/mol. The van der Waals surface area contributed by atoms with Crippen molar-refractivity contribution in [3.8, 4) is 5.75 Å². The molecule has 2 aromatic heterocycles. The van der Waals surface area contributed by atoms with E-state index >= 15 is 0 Å². The van der Waals surface area contributed by atoms with Gasteiger partial charge in [0.1, 0.15) is 11.6 Å².